The molecule has 0 spiro atoms. The zero-order chi connectivity index (χ0) is 14.5. The van der Waals surface area contributed by atoms with Gasteiger partial charge in [0, 0.05) is 38.9 Å². The molecule has 2 rings (SSSR count). The van der Waals surface area contributed by atoms with Crippen LogP contribution in [0.3, 0.4) is 0 Å². The minimum Gasteiger partial charge on any atom is -0.377 e. The molecule has 1 aliphatic heterocycles. The molecule has 1 aliphatic rings. The second-order valence-corrected chi connectivity index (χ2v) is 5.16. The molecule has 0 bridgehead atoms. The molecule has 1 aromatic heterocycles. The molecule has 0 radical (unpaired) electrons. The second kappa shape index (κ2) is 6.56. The van der Waals surface area contributed by atoms with Crippen LogP contribution in [0.15, 0.2) is 18.3 Å². The molecule has 1 atom stereocenters. The number of urea groups is 1. The van der Waals surface area contributed by atoms with Gasteiger partial charge in [0.15, 0.2) is 0 Å². The third-order valence-corrected chi connectivity index (χ3v) is 3.35. The number of rotatable bonds is 3. The van der Waals surface area contributed by atoms with Crippen LogP contribution in [0, 0.1) is 0 Å². The number of ether oxygens (including phenoxy) is 1. The molecular weight excluding hydrogens is 256 g/mol. The highest BCUT2D eigenvalue weighted by Crippen LogP contribution is 2.14. The maximum atomic E-state index is 12.2. The first kappa shape index (κ1) is 14.6. The van der Waals surface area contributed by atoms with E-state index in [9.17, 15) is 4.79 Å². The molecule has 20 heavy (non-hydrogen) atoms. The highest BCUT2D eigenvalue weighted by molar-refractivity contribution is 5.74. The van der Waals surface area contributed by atoms with Gasteiger partial charge in [0.2, 0.25) is 0 Å². The summed E-state index contributed by atoms with van der Waals surface area (Å²) in [6, 6.07) is 3.93. The summed E-state index contributed by atoms with van der Waals surface area (Å²) in [5.41, 5.74) is 1.01. The third kappa shape index (κ3) is 3.39. The fraction of sp³-hybridized carbons (Fsp3) is 0.571. The van der Waals surface area contributed by atoms with Crippen molar-refractivity contribution in [2.45, 2.75) is 19.5 Å². The minimum atomic E-state index is -0.0469. The lowest BCUT2D eigenvalue weighted by Crippen LogP contribution is -2.51. The summed E-state index contributed by atoms with van der Waals surface area (Å²) < 4.78 is 5.34. The zero-order valence-electron chi connectivity index (χ0n) is 12.3. The van der Waals surface area contributed by atoms with Crippen LogP contribution in [0.4, 0.5) is 10.6 Å². The van der Waals surface area contributed by atoms with Gasteiger partial charge in [-0.15, -0.1) is 0 Å². The normalized spacial score (nSPS) is 18.8. The number of hydrogen-bond acceptors (Lipinski definition) is 4. The van der Waals surface area contributed by atoms with Gasteiger partial charge >= 0.3 is 6.03 Å². The van der Waals surface area contributed by atoms with Gasteiger partial charge in [-0.25, -0.2) is 9.78 Å². The number of aromatic nitrogens is 1. The first-order chi connectivity index (χ1) is 9.59. The quantitative estimate of drug-likeness (QED) is 0.899. The summed E-state index contributed by atoms with van der Waals surface area (Å²) in [5.74, 6) is 0.878. The van der Waals surface area contributed by atoms with Crippen LogP contribution in [-0.4, -0.2) is 55.8 Å². The number of hydrogen-bond donors (Lipinski definition) is 1. The first-order valence-corrected chi connectivity index (χ1v) is 6.83. The summed E-state index contributed by atoms with van der Waals surface area (Å²) in [7, 11) is 3.88. The number of nitrogens with zero attached hydrogens (tertiary/aromatic N) is 3. The van der Waals surface area contributed by atoms with E-state index < -0.39 is 0 Å². The van der Waals surface area contributed by atoms with Crippen LogP contribution in [0.1, 0.15) is 12.5 Å². The highest BCUT2D eigenvalue weighted by Gasteiger charge is 2.23. The molecule has 6 nitrogen and oxygen atoms in total. The van der Waals surface area contributed by atoms with E-state index >= 15 is 0 Å². The smallest absolute Gasteiger partial charge is 0.318 e. The van der Waals surface area contributed by atoms with Crippen molar-refractivity contribution in [3.8, 4) is 0 Å². The van der Waals surface area contributed by atoms with Crippen molar-refractivity contribution in [1.29, 1.82) is 0 Å². The molecule has 2 amide bonds. The van der Waals surface area contributed by atoms with Gasteiger partial charge in [-0.3, -0.25) is 0 Å². The number of pyridine rings is 1. The largest absolute Gasteiger partial charge is 0.377 e. The van der Waals surface area contributed by atoms with Gasteiger partial charge in [0.25, 0.3) is 0 Å². The predicted molar refractivity (Wildman–Crippen MR) is 77.8 cm³/mol. The summed E-state index contributed by atoms with van der Waals surface area (Å²) in [6.45, 7) is 4.32. The number of amides is 2. The van der Waals surface area contributed by atoms with Crippen LogP contribution >= 0.6 is 0 Å². The van der Waals surface area contributed by atoms with Crippen LogP contribution in [0.5, 0.6) is 0 Å². The Bertz CT molecular complexity index is 464. The molecule has 1 fully saturated rings. The Balaban J connectivity index is 1.96. The summed E-state index contributed by atoms with van der Waals surface area (Å²) >= 11 is 0. The van der Waals surface area contributed by atoms with Crippen LogP contribution in [-0.2, 0) is 11.3 Å². The Labute approximate surface area is 119 Å². The van der Waals surface area contributed by atoms with Crippen molar-refractivity contribution in [1.82, 2.24) is 15.2 Å². The number of carbonyl (C=O) groups is 1. The Hall–Kier alpha value is -1.82. The van der Waals surface area contributed by atoms with E-state index in [0.29, 0.717) is 26.3 Å². The van der Waals surface area contributed by atoms with E-state index in [-0.39, 0.29) is 12.1 Å². The van der Waals surface area contributed by atoms with Gasteiger partial charge in [0.1, 0.15) is 5.82 Å². The Morgan fingerprint density at radius 1 is 1.60 bits per heavy atom. The van der Waals surface area contributed by atoms with Crippen LogP contribution < -0.4 is 10.2 Å². The predicted octanol–water partition coefficient (Wildman–Crippen LogP) is 1.08. The number of carbonyl (C=O) groups excluding carboxylic acids is 1. The SMILES string of the molecule is CC1COCCN1C(=O)NCc1cccnc1N(C)C. The van der Waals surface area contributed by atoms with Gasteiger partial charge in [-0.1, -0.05) is 6.07 Å². The van der Waals surface area contributed by atoms with E-state index in [1.165, 1.54) is 0 Å². The highest BCUT2D eigenvalue weighted by atomic mass is 16.5. The standard InChI is InChI=1S/C14H22N4O2/c1-11-10-20-8-7-18(11)14(19)16-9-12-5-4-6-15-13(12)17(2)3/h4-6,11H,7-10H2,1-3H3,(H,16,19). The molecule has 1 N–H and O–H groups in total. The van der Waals surface area contributed by atoms with Crippen molar-refractivity contribution >= 4 is 11.8 Å². The molecule has 1 saturated heterocycles. The van der Waals surface area contributed by atoms with Crippen molar-refractivity contribution in [3.63, 3.8) is 0 Å². The number of nitrogens with one attached hydrogen (secondary N) is 1. The Morgan fingerprint density at radius 2 is 2.40 bits per heavy atom. The molecule has 0 saturated carbocycles. The topological polar surface area (TPSA) is 57.7 Å². The molecule has 6 heteroatoms. The summed E-state index contributed by atoms with van der Waals surface area (Å²) in [4.78, 5) is 20.3. The summed E-state index contributed by atoms with van der Waals surface area (Å²) in [5, 5.41) is 2.96. The molecular formula is C14H22N4O2. The average Bonchev–Trinajstić information content (AvgIpc) is 2.45. The summed E-state index contributed by atoms with van der Waals surface area (Å²) in [6.07, 6.45) is 1.75. The maximum Gasteiger partial charge on any atom is 0.318 e. The van der Waals surface area contributed by atoms with Gasteiger partial charge < -0.3 is 19.9 Å². The van der Waals surface area contributed by atoms with Crippen molar-refractivity contribution < 1.29 is 9.53 Å². The average molecular weight is 278 g/mol. The van der Waals surface area contributed by atoms with Crippen LogP contribution in [0.25, 0.3) is 0 Å². The molecule has 1 unspecified atom stereocenters. The fourth-order valence-electron chi connectivity index (χ4n) is 2.27. The lowest BCUT2D eigenvalue weighted by atomic mass is 10.2. The van der Waals surface area contributed by atoms with E-state index in [2.05, 4.69) is 10.3 Å². The maximum absolute atomic E-state index is 12.2. The Kier molecular flexibility index (Phi) is 4.79. The first-order valence-electron chi connectivity index (χ1n) is 6.83. The molecule has 1 aromatic rings. The van der Waals surface area contributed by atoms with Gasteiger partial charge in [-0.05, 0) is 13.0 Å². The van der Waals surface area contributed by atoms with E-state index in [0.717, 1.165) is 11.4 Å². The van der Waals surface area contributed by atoms with E-state index in [4.69, 9.17) is 4.74 Å². The second-order valence-electron chi connectivity index (χ2n) is 5.16. The zero-order valence-corrected chi connectivity index (χ0v) is 12.3. The number of morpholine rings is 1. The van der Waals surface area contributed by atoms with Crippen LogP contribution in [0.2, 0.25) is 0 Å². The third-order valence-electron chi connectivity index (χ3n) is 3.35. The molecule has 2 heterocycles. The van der Waals surface area contributed by atoms with Gasteiger partial charge in [-0.2, -0.15) is 0 Å². The van der Waals surface area contributed by atoms with E-state index in [1.54, 1.807) is 6.20 Å². The minimum absolute atomic E-state index is 0.0469. The molecule has 0 aliphatic carbocycles. The molecule has 110 valence electrons. The molecule has 0 aromatic carbocycles. The van der Waals surface area contributed by atoms with Crippen molar-refractivity contribution in [3.05, 3.63) is 23.9 Å². The fourth-order valence-corrected chi connectivity index (χ4v) is 2.27. The lowest BCUT2D eigenvalue weighted by molar-refractivity contribution is 0.0190. The number of anilines is 1. The lowest BCUT2D eigenvalue weighted by Gasteiger charge is -2.33. The van der Waals surface area contributed by atoms with Gasteiger partial charge in [0.05, 0.1) is 19.3 Å². The van der Waals surface area contributed by atoms with Crippen molar-refractivity contribution in [2.24, 2.45) is 0 Å². The monoisotopic (exact) mass is 278 g/mol. The van der Waals surface area contributed by atoms with Crippen molar-refractivity contribution in [2.75, 3.05) is 38.8 Å². The Morgan fingerprint density at radius 3 is 3.10 bits per heavy atom. The van der Waals surface area contributed by atoms with E-state index in [1.807, 2.05) is 43.0 Å².